The highest BCUT2D eigenvalue weighted by molar-refractivity contribution is 7.18. The Bertz CT molecular complexity index is 1580. The van der Waals surface area contributed by atoms with Crippen LogP contribution < -0.4 is 0 Å². The summed E-state index contributed by atoms with van der Waals surface area (Å²) < 4.78 is 19.0. The van der Waals surface area contributed by atoms with E-state index < -0.39 is 11.6 Å². The monoisotopic (exact) mass is 580 g/mol. The Hall–Kier alpha value is -2.82. The standard InChI is InChI=1S/C30H29ClN2O6S/c1-15-3-2-4-22(31)25(15)26-21(27(39-33-26)16-5-6-16)14-38-20-10-18-12-37-13-19(11-20)30(18,36)29-32-23-8-7-17(28(34)35)9-24(23)40-29/h2-4,7-9,16,18-20,36H,5-6,10-14H2,1H3,(H,34,35). The zero-order valence-corrected chi connectivity index (χ0v) is 23.5. The SMILES string of the molecule is Cc1cccc(Cl)c1-c1noc(C2CC2)c1COC1CC2COCC(C1)C2(O)c1nc2ccc(C(=O)O)cc2s1. The van der Waals surface area contributed by atoms with E-state index in [1.165, 1.54) is 11.3 Å². The van der Waals surface area contributed by atoms with Crippen molar-refractivity contribution in [3.8, 4) is 11.3 Å². The lowest BCUT2D eigenvalue weighted by Gasteiger charge is -2.50. The summed E-state index contributed by atoms with van der Waals surface area (Å²) in [6, 6.07) is 10.7. The molecule has 2 N–H and O–H groups in total. The lowest BCUT2D eigenvalue weighted by atomic mass is 9.66. The summed E-state index contributed by atoms with van der Waals surface area (Å²) in [5.41, 5.74) is 3.37. The molecule has 3 aliphatic rings. The summed E-state index contributed by atoms with van der Waals surface area (Å²) in [6.07, 6.45) is 3.32. The lowest BCUT2D eigenvalue weighted by molar-refractivity contribution is -0.209. The number of benzene rings is 2. The third kappa shape index (κ3) is 4.35. The number of hydrogen-bond acceptors (Lipinski definition) is 8. The molecule has 2 aromatic carbocycles. The van der Waals surface area contributed by atoms with Gasteiger partial charge < -0.3 is 24.2 Å². The number of ether oxygens (including phenoxy) is 2. The van der Waals surface area contributed by atoms with Gasteiger partial charge >= 0.3 is 5.97 Å². The predicted molar refractivity (Wildman–Crippen MR) is 150 cm³/mol. The topological polar surface area (TPSA) is 115 Å². The largest absolute Gasteiger partial charge is 0.478 e. The molecule has 2 saturated carbocycles. The summed E-state index contributed by atoms with van der Waals surface area (Å²) in [5.74, 6) is -0.114. The number of aliphatic hydroxyl groups is 1. The molecule has 40 heavy (non-hydrogen) atoms. The number of aryl methyl sites for hydroxylation is 1. The van der Waals surface area contributed by atoms with Crippen LogP contribution in [0.3, 0.4) is 0 Å². The lowest BCUT2D eigenvalue weighted by Crippen LogP contribution is -2.55. The minimum absolute atomic E-state index is 0.0747. The Balaban J connectivity index is 1.14. The van der Waals surface area contributed by atoms with Crippen LogP contribution in [0.1, 0.15) is 63.9 Å². The average molecular weight is 581 g/mol. The second-order valence-corrected chi connectivity index (χ2v) is 12.7. The van der Waals surface area contributed by atoms with Crippen LogP contribution in [0, 0.1) is 18.8 Å². The molecule has 0 spiro atoms. The van der Waals surface area contributed by atoms with Gasteiger partial charge in [0.15, 0.2) is 0 Å². The number of aromatic carboxylic acids is 1. The van der Waals surface area contributed by atoms with E-state index in [1.807, 2.05) is 25.1 Å². The smallest absolute Gasteiger partial charge is 0.335 e. The number of carboxylic acids is 1. The molecule has 4 aromatic rings. The highest BCUT2D eigenvalue weighted by Gasteiger charge is 2.55. The number of aromatic nitrogens is 2. The molecule has 208 valence electrons. The molecule has 0 amide bonds. The Morgan fingerprint density at radius 2 is 1.98 bits per heavy atom. The highest BCUT2D eigenvalue weighted by atomic mass is 35.5. The van der Waals surface area contributed by atoms with Crippen molar-refractivity contribution in [2.45, 2.75) is 56.8 Å². The number of halogens is 1. The van der Waals surface area contributed by atoms with Gasteiger partial charge in [-0.1, -0.05) is 28.9 Å². The van der Waals surface area contributed by atoms with Gasteiger partial charge in [-0.05, 0) is 62.4 Å². The average Bonchev–Trinajstić information content (AvgIpc) is 3.53. The number of carbonyl (C=O) groups is 1. The van der Waals surface area contributed by atoms with E-state index in [9.17, 15) is 15.0 Å². The molecule has 2 aliphatic carbocycles. The van der Waals surface area contributed by atoms with Crippen molar-refractivity contribution in [2.24, 2.45) is 11.8 Å². The number of nitrogens with zero attached hydrogens (tertiary/aromatic N) is 2. The van der Waals surface area contributed by atoms with Crippen molar-refractivity contribution >= 4 is 39.1 Å². The molecule has 2 bridgehead atoms. The molecule has 1 aliphatic heterocycles. The zero-order chi connectivity index (χ0) is 27.6. The Labute approximate surface area is 239 Å². The van der Waals surface area contributed by atoms with E-state index in [0.29, 0.717) is 54.1 Å². The second kappa shape index (κ2) is 9.92. The summed E-state index contributed by atoms with van der Waals surface area (Å²) in [7, 11) is 0. The van der Waals surface area contributed by atoms with Crippen molar-refractivity contribution in [1.29, 1.82) is 0 Å². The van der Waals surface area contributed by atoms with Crippen LogP contribution >= 0.6 is 22.9 Å². The molecule has 2 unspecified atom stereocenters. The van der Waals surface area contributed by atoms with E-state index in [2.05, 4.69) is 5.16 Å². The van der Waals surface area contributed by atoms with Crippen molar-refractivity contribution in [3.63, 3.8) is 0 Å². The summed E-state index contributed by atoms with van der Waals surface area (Å²) in [6.45, 7) is 3.20. The van der Waals surface area contributed by atoms with Gasteiger partial charge in [0, 0.05) is 28.9 Å². The first-order valence-electron chi connectivity index (χ1n) is 13.6. The molecular weight excluding hydrogens is 552 g/mol. The molecular formula is C30H29ClN2O6S. The van der Waals surface area contributed by atoms with Gasteiger partial charge in [0.05, 0.1) is 46.7 Å². The number of rotatable bonds is 7. The van der Waals surface area contributed by atoms with Crippen LogP contribution in [0.15, 0.2) is 40.9 Å². The van der Waals surface area contributed by atoms with Gasteiger partial charge in [-0.25, -0.2) is 9.78 Å². The molecule has 3 fully saturated rings. The minimum atomic E-state index is -1.15. The van der Waals surface area contributed by atoms with Crippen molar-refractivity contribution in [3.05, 3.63) is 68.9 Å². The first-order chi connectivity index (χ1) is 19.3. The quantitative estimate of drug-likeness (QED) is 0.261. The Kier molecular flexibility index (Phi) is 6.47. The number of fused-ring (bicyclic) bond motifs is 3. The molecule has 1 saturated heterocycles. The molecule has 10 heteroatoms. The van der Waals surface area contributed by atoms with E-state index in [4.69, 9.17) is 30.6 Å². The number of thiazole rings is 1. The van der Waals surface area contributed by atoms with Crippen LogP contribution in [-0.4, -0.2) is 45.6 Å². The van der Waals surface area contributed by atoms with Gasteiger partial charge in [-0.15, -0.1) is 11.3 Å². The van der Waals surface area contributed by atoms with E-state index in [1.54, 1.807) is 18.2 Å². The third-order valence-corrected chi connectivity index (χ3v) is 10.1. The van der Waals surface area contributed by atoms with Gasteiger partial charge in [0.2, 0.25) is 0 Å². The molecule has 8 nitrogen and oxygen atoms in total. The van der Waals surface area contributed by atoms with Crippen LogP contribution in [-0.2, 0) is 21.7 Å². The first-order valence-corrected chi connectivity index (χ1v) is 14.8. The number of carboxylic acid groups (broad SMARTS) is 1. The third-order valence-electron chi connectivity index (χ3n) is 8.64. The molecule has 7 rings (SSSR count). The summed E-state index contributed by atoms with van der Waals surface area (Å²) in [5, 5.41) is 27.2. The van der Waals surface area contributed by atoms with E-state index in [0.717, 1.165) is 45.7 Å². The second-order valence-electron chi connectivity index (χ2n) is 11.2. The van der Waals surface area contributed by atoms with Gasteiger partial charge in [0.25, 0.3) is 0 Å². The number of hydrogen-bond donors (Lipinski definition) is 2. The van der Waals surface area contributed by atoms with Crippen molar-refractivity contribution in [1.82, 2.24) is 10.1 Å². The van der Waals surface area contributed by atoms with Crippen LogP contribution in [0.2, 0.25) is 5.02 Å². The maximum atomic E-state index is 12.1. The van der Waals surface area contributed by atoms with E-state index >= 15 is 0 Å². The molecule has 2 atom stereocenters. The first kappa shape index (κ1) is 26.1. The zero-order valence-electron chi connectivity index (χ0n) is 21.9. The highest BCUT2D eigenvalue weighted by Crippen LogP contribution is 2.51. The van der Waals surface area contributed by atoms with Crippen LogP contribution in [0.4, 0.5) is 0 Å². The van der Waals surface area contributed by atoms with Crippen molar-refractivity contribution in [2.75, 3.05) is 13.2 Å². The Morgan fingerprint density at radius 3 is 2.67 bits per heavy atom. The molecule has 3 heterocycles. The fraction of sp³-hybridized carbons (Fsp3) is 0.433. The maximum absolute atomic E-state index is 12.1. The Morgan fingerprint density at radius 1 is 1.20 bits per heavy atom. The molecule has 2 aromatic heterocycles. The van der Waals surface area contributed by atoms with E-state index in [-0.39, 0.29) is 23.5 Å². The van der Waals surface area contributed by atoms with Crippen molar-refractivity contribution < 1.29 is 29.0 Å². The summed E-state index contributed by atoms with van der Waals surface area (Å²) >= 11 is 7.96. The van der Waals surface area contributed by atoms with Gasteiger partial charge in [-0.3, -0.25) is 0 Å². The van der Waals surface area contributed by atoms with Gasteiger partial charge in [0.1, 0.15) is 22.1 Å². The fourth-order valence-electron chi connectivity index (χ4n) is 6.34. The normalized spacial score (nSPS) is 26.3. The predicted octanol–water partition coefficient (Wildman–Crippen LogP) is 6.32. The van der Waals surface area contributed by atoms with Gasteiger partial charge in [-0.2, -0.15) is 0 Å². The molecule has 0 radical (unpaired) electrons. The maximum Gasteiger partial charge on any atom is 0.335 e. The summed E-state index contributed by atoms with van der Waals surface area (Å²) in [4.78, 5) is 16.2. The minimum Gasteiger partial charge on any atom is -0.478 e. The van der Waals surface area contributed by atoms with Crippen LogP contribution in [0.5, 0.6) is 0 Å². The van der Waals surface area contributed by atoms with Crippen LogP contribution in [0.25, 0.3) is 21.5 Å². The fourth-order valence-corrected chi connectivity index (χ4v) is 7.90.